The molecule has 1 aliphatic rings. The molecule has 3 nitrogen and oxygen atoms in total. The van der Waals surface area contributed by atoms with Crippen molar-refractivity contribution in [3.63, 3.8) is 0 Å². The standard InChI is InChI=1S/C16H14N2O/c1-3-7-14-12(5-1)9-10-19-16(14)18-15-8-4-2-6-13(15)11-17-18/h1-8,11,16H,9-10H2. The van der Waals surface area contributed by atoms with Gasteiger partial charge in [-0.3, -0.25) is 0 Å². The van der Waals surface area contributed by atoms with Crippen LogP contribution in [-0.2, 0) is 11.2 Å². The van der Waals surface area contributed by atoms with E-state index in [1.54, 1.807) is 0 Å². The molecule has 0 aliphatic carbocycles. The highest BCUT2D eigenvalue weighted by atomic mass is 16.5. The lowest BCUT2D eigenvalue weighted by Crippen LogP contribution is -2.23. The highest BCUT2D eigenvalue weighted by Crippen LogP contribution is 2.30. The van der Waals surface area contributed by atoms with Crippen LogP contribution in [0.4, 0.5) is 0 Å². The van der Waals surface area contributed by atoms with Gasteiger partial charge in [-0.1, -0.05) is 42.5 Å². The van der Waals surface area contributed by atoms with Crippen molar-refractivity contribution in [2.75, 3.05) is 6.61 Å². The highest BCUT2D eigenvalue weighted by molar-refractivity contribution is 5.78. The van der Waals surface area contributed by atoms with Gasteiger partial charge in [0.25, 0.3) is 0 Å². The highest BCUT2D eigenvalue weighted by Gasteiger charge is 2.23. The minimum atomic E-state index is -0.107. The average molecular weight is 250 g/mol. The van der Waals surface area contributed by atoms with E-state index >= 15 is 0 Å². The lowest BCUT2D eigenvalue weighted by molar-refractivity contribution is 0.0169. The molecule has 94 valence electrons. The van der Waals surface area contributed by atoms with Gasteiger partial charge in [-0.2, -0.15) is 5.10 Å². The molecule has 0 radical (unpaired) electrons. The Kier molecular flexibility index (Phi) is 2.38. The fraction of sp³-hybridized carbons (Fsp3) is 0.188. The van der Waals surface area contributed by atoms with Crippen LogP contribution in [0.15, 0.2) is 54.7 Å². The quantitative estimate of drug-likeness (QED) is 0.663. The van der Waals surface area contributed by atoms with Gasteiger partial charge in [0.15, 0.2) is 6.23 Å². The summed E-state index contributed by atoms with van der Waals surface area (Å²) in [5, 5.41) is 5.66. The zero-order valence-electron chi connectivity index (χ0n) is 10.5. The van der Waals surface area contributed by atoms with Crippen LogP contribution in [0.25, 0.3) is 10.9 Å². The zero-order chi connectivity index (χ0) is 12.7. The zero-order valence-corrected chi connectivity index (χ0v) is 10.5. The summed E-state index contributed by atoms with van der Waals surface area (Å²) >= 11 is 0. The molecule has 0 bridgehead atoms. The summed E-state index contributed by atoms with van der Waals surface area (Å²) in [6, 6.07) is 16.7. The Labute approximate surface area is 111 Å². The molecule has 0 N–H and O–H groups in total. The van der Waals surface area contributed by atoms with E-state index in [1.165, 1.54) is 11.1 Å². The van der Waals surface area contributed by atoms with Crippen molar-refractivity contribution < 1.29 is 4.74 Å². The number of rotatable bonds is 1. The molecule has 1 aliphatic heterocycles. The van der Waals surface area contributed by atoms with Gasteiger partial charge in [-0.15, -0.1) is 0 Å². The second kappa shape index (κ2) is 4.21. The summed E-state index contributed by atoms with van der Waals surface area (Å²) in [6.45, 7) is 0.746. The van der Waals surface area contributed by atoms with Gasteiger partial charge in [0, 0.05) is 10.9 Å². The predicted molar refractivity (Wildman–Crippen MR) is 74.0 cm³/mol. The summed E-state index contributed by atoms with van der Waals surface area (Å²) < 4.78 is 7.94. The average Bonchev–Trinajstić information content (AvgIpc) is 2.90. The topological polar surface area (TPSA) is 27.1 Å². The molecule has 0 spiro atoms. The Balaban J connectivity index is 1.90. The molecule has 2 heterocycles. The number of hydrogen-bond acceptors (Lipinski definition) is 2. The first-order chi connectivity index (χ1) is 9.43. The van der Waals surface area contributed by atoms with Crippen LogP contribution in [0.2, 0.25) is 0 Å². The molecule has 1 atom stereocenters. The SMILES string of the molecule is c1ccc2c(c1)CCOC2n1ncc2ccccc21. The van der Waals surface area contributed by atoms with Crippen molar-refractivity contribution in [1.82, 2.24) is 9.78 Å². The number of nitrogens with zero attached hydrogens (tertiary/aromatic N) is 2. The molecular weight excluding hydrogens is 236 g/mol. The van der Waals surface area contributed by atoms with Crippen molar-refractivity contribution >= 4 is 10.9 Å². The molecule has 2 aromatic carbocycles. The molecule has 0 amide bonds. The first-order valence-electron chi connectivity index (χ1n) is 6.55. The third-order valence-electron chi connectivity index (χ3n) is 3.70. The molecule has 1 aromatic heterocycles. The van der Waals surface area contributed by atoms with Crippen LogP contribution in [-0.4, -0.2) is 16.4 Å². The van der Waals surface area contributed by atoms with E-state index in [4.69, 9.17) is 4.74 Å². The first kappa shape index (κ1) is 10.8. The van der Waals surface area contributed by atoms with Crippen molar-refractivity contribution in [3.05, 3.63) is 65.9 Å². The Bertz CT molecular complexity index is 732. The van der Waals surface area contributed by atoms with Gasteiger partial charge in [0.1, 0.15) is 0 Å². The maximum Gasteiger partial charge on any atom is 0.176 e. The molecular formula is C16H14N2O. The Morgan fingerprint density at radius 3 is 2.89 bits per heavy atom. The molecule has 3 heteroatoms. The van der Waals surface area contributed by atoms with Gasteiger partial charge in [0.05, 0.1) is 18.3 Å². The monoisotopic (exact) mass is 250 g/mol. The van der Waals surface area contributed by atoms with E-state index in [-0.39, 0.29) is 6.23 Å². The second-order valence-electron chi connectivity index (χ2n) is 4.82. The minimum Gasteiger partial charge on any atom is -0.352 e. The maximum absolute atomic E-state index is 5.96. The molecule has 1 unspecified atom stereocenters. The van der Waals surface area contributed by atoms with Crippen LogP contribution in [0.5, 0.6) is 0 Å². The number of aromatic nitrogens is 2. The third kappa shape index (κ3) is 1.66. The summed E-state index contributed by atoms with van der Waals surface area (Å²) in [5.74, 6) is 0. The number of para-hydroxylation sites is 1. The number of benzene rings is 2. The van der Waals surface area contributed by atoms with Crippen LogP contribution >= 0.6 is 0 Å². The fourth-order valence-electron chi connectivity index (χ4n) is 2.75. The Morgan fingerprint density at radius 1 is 1.05 bits per heavy atom. The van der Waals surface area contributed by atoms with Crippen LogP contribution in [0.3, 0.4) is 0 Å². The lowest BCUT2D eigenvalue weighted by Gasteiger charge is -2.26. The third-order valence-corrected chi connectivity index (χ3v) is 3.70. The van der Waals surface area contributed by atoms with Crippen molar-refractivity contribution in [3.8, 4) is 0 Å². The summed E-state index contributed by atoms with van der Waals surface area (Å²) in [7, 11) is 0. The summed E-state index contributed by atoms with van der Waals surface area (Å²) in [6.07, 6.45) is 2.77. The summed E-state index contributed by atoms with van der Waals surface area (Å²) in [4.78, 5) is 0. The van der Waals surface area contributed by atoms with Gasteiger partial charge >= 0.3 is 0 Å². The van der Waals surface area contributed by atoms with E-state index in [0.29, 0.717) is 0 Å². The van der Waals surface area contributed by atoms with E-state index in [1.807, 2.05) is 23.0 Å². The van der Waals surface area contributed by atoms with E-state index in [9.17, 15) is 0 Å². The maximum atomic E-state index is 5.96. The Morgan fingerprint density at radius 2 is 1.89 bits per heavy atom. The van der Waals surface area contributed by atoms with Gasteiger partial charge in [-0.25, -0.2) is 4.68 Å². The predicted octanol–water partition coefficient (Wildman–Crippen LogP) is 3.16. The van der Waals surface area contributed by atoms with Gasteiger partial charge in [-0.05, 0) is 18.1 Å². The smallest absolute Gasteiger partial charge is 0.176 e. The van der Waals surface area contributed by atoms with Crippen molar-refractivity contribution in [2.45, 2.75) is 12.6 Å². The number of ether oxygens (including phenoxy) is 1. The van der Waals surface area contributed by atoms with Crippen molar-refractivity contribution in [1.29, 1.82) is 0 Å². The molecule has 4 rings (SSSR count). The fourth-order valence-corrected chi connectivity index (χ4v) is 2.75. The van der Waals surface area contributed by atoms with Crippen LogP contribution in [0.1, 0.15) is 17.4 Å². The molecule has 0 saturated carbocycles. The van der Waals surface area contributed by atoms with Crippen LogP contribution in [0, 0.1) is 0 Å². The molecule has 0 saturated heterocycles. The van der Waals surface area contributed by atoms with Crippen LogP contribution < -0.4 is 0 Å². The van der Waals surface area contributed by atoms with Gasteiger partial charge in [0.2, 0.25) is 0 Å². The molecule has 19 heavy (non-hydrogen) atoms. The second-order valence-corrected chi connectivity index (χ2v) is 4.82. The molecule has 0 fully saturated rings. The lowest BCUT2D eigenvalue weighted by atomic mass is 10.0. The minimum absolute atomic E-state index is 0.107. The molecule has 3 aromatic rings. The number of fused-ring (bicyclic) bond motifs is 2. The van der Waals surface area contributed by atoms with Crippen molar-refractivity contribution in [2.24, 2.45) is 0 Å². The largest absolute Gasteiger partial charge is 0.352 e. The first-order valence-corrected chi connectivity index (χ1v) is 6.55. The van der Waals surface area contributed by atoms with E-state index < -0.39 is 0 Å². The van der Waals surface area contributed by atoms with E-state index in [0.717, 1.165) is 23.9 Å². The Hall–Kier alpha value is -2.13. The van der Waals surface area contributed by atoms with E-state index in [2.05, 4.69) is 41.5 Å². The normalized spacial score (nSPS) is 18.4. The number of hydrogen-bond donors (Lipinski definition) is 0. The van der Waals surface area contributed by atoms with Gasteiger partial charge < -0.3 is 4.74 Å². The summed E-state index contributed by atoms with van der Waals surface area (Å²) in [5.41, 5.74) is 3.70.